The summed E-state index contributed by atoms with van der Waals surface area (Å²) in [7, 11) is 0. The molecule has 5 N–H and O–H groups in total. The van der Waals surface area contributed by atoms with Gasteiger partial charge in [-0.05, 0) is 17.7 Å². The van der Waals surface area contributed by atoms with Crippen LogP contribution >= 0.6 is 0 Å². The van der Waals surface area contributed by atoms with Gasteiger partial charge in [0.05, 0.1) is 6.54 Å². The van der Waals surface area contributed by atoms with Crippen molar-refractivity contribution >= 4 is 11.4 Å². The zero-order valence-corrected chi connectivity index (χ0v) is 12.0. The Balaban J connectivity index is 1.92. The first-order valence-corrected chi connectivity index (χ1v) is 7.33. The van der Waals surface area contributed by atoms with E-state index in [4.69, 9.17) is 10.7 Å². The van der Waals surface area contributed by atoms with Crippen LogP contribution < -0.4 is 21.7 Å². The Bertz CT molecular complexity index is 413. The number of benzene rings is 1. The highest BCUT2D eigenvalue weighted by molar-refractivity contribution is 5.88. The summed E-state index contributed by atoms with van der Waals surface area (Å²) >= 11 is 0. The molecule has 1 aromatic carbocycles. The molecule has 0 saturated carbocycles. The van der Waals surface area contributed by atoms with Crippen LogP contribution in [0.1, 0.15) is 5.56 Å². The van der Waals surface area contributed by atoms with E-state index in [-0.39, 0.29) is 0 Å². The zero-order valence-electron chi connectivity index (χ0n) is 12.0. The largest absolute Gasteiger partial charge is 0.399 e. The molecule has 2 rings (SSSR count). The third-order valence-electron chi connectivity index (χ3n) is 3.30. The number of hydrogen-bond acceptors (Lipinski definition) is 5. The zero-order chi connectivity index (χ0) is 14.0. The molecule has 1 aliphatic heterocycles. The van der Waals surface area contributed by atoms with Crippen molar-refractivity contribution in [3.8, 4) is 0 Å². The molecule has 0 bridgehead atoms. The van der Waals surface area contributed by atoms with Crippen molar-refractivity contribution in [1.29, 1.82) is 0 Å². The maximum atomic E-state index is 5.72. The number of nitrogens with two attached hydrogens (primary N) is 1. The van der Waals surface area contributed by atoms with Gasteiger partial charge in [-0.15, -0.1) is 0 Å². The van der Waals surface area contributed by atoms with Crippen LogP contribution in [-0.2, 0) is 6.42 Å². The molecule has 0 saturated heterocycles. The van der Waals surface area contributed by atoms with Crippen molar-refractivity contribution in [1.82, 2.24) is 16.0 Å². The molecule has 0 fully saturated rings. The standard InChI is InChI=1S/C15H25N5/c16-14-3-1-13(2-4-14)11-15-12-19-8-7-17-5-6-18-9-10-20-15/h1-4,17-19H,5-12,16H2. The van der Waals surface area contributed by atoms with E-state index >= 15 is 0 Å². The molecule has 0 unspecified atom stereocenters. The lowest BCUT2D eigenvalue weighted by atomic mass is 10.1. The summed E-state index contributed by atoms with van der Waals surface area (Å²) in [5, 5.41) is 10.2. The van der Waals surface area contributed by atoms with Gasteiger partial charge in [0.2, 0.25) is 0 Å². The monoisotopic (exact) mass is 275 g/mol. The Hall–Kier alpha value is -1.43. The van der Waals surface area contributed by atoms with Gasteiger partial charge in [-0.3, -0.25) is 4.99 Å². The number of nitrogens with one attached hydrogen (secondary N) is 3. The van der Waals surface area contributed by atoms with Gasteiger partial charge < -0.3 is 21.7 Å². The van der Waals surface area contributed by atoms with Crippen LogP contribution in [0, 0.1) is 0 Å². The van der Waals surface area contributed by atoms with Crippen LogP contribution in [0.25, 0.3) is 0 Å². The summed E-state index contributed by atoms with van der Waals surface area (Å²) in [6.45, 7) is 6.62. The van der Waals surface area contributed by atoms with E-state index in [0.29, 0.717) is 0 Å². The van der Waals surface area contributed by atoms with Crippen LogP contribution in [0.5, 0.6) is 0 Å². The molecule has 1 heterocycles. The smallest absolute Gasteiger partial charge is 0.0514 e. The SMILES string of the molecule is Nc1ccc(CC2=NCCNCCNCCNC2)cc1. The lowest BCUT2D eigenvalue weighted by molar-refractivity contribution is 0.592. The molecule has 1 aromatic rings. The third kappa shape index (κ3) is 5.69. The first-order valence-electron chi connectivity index (χ1n) is 7.33. The van der Waals surface area contributed by atoms with Gasteiger partial charge in [-0.1, -0.05) is 12.1 Å². The number of anilines is 1. The van der Waals surface area contributed by atoms with Crippen molar-refractivity contribution in [2.45, 2.75) is 6.42 Å². The number of hydrogen-bond donors (Lipinski definition) is 4. The molecule has 0 radical (unpaired) electrons. The van der Waals surface area contributed by atoms with Crippen molar-refractivity contribution < 1.29 is 0 Å². The minimum absolute atomic E-state index is 0.808. The van der Waals surface area contributed by atoms with Gasteiger partial charge >= 0.3 is 0 Å². The molecule has 0 amide bonds. The average Bonchev–Trinajstić information content (AvgIpc) is 2.44. The molecule has 0 aliphatic carbocycles. The van der Waals surface area contributed by atoms with E-state index < -0.39 is 0 Å². The molecular formula is C15H25N5. The highest BCUT2D eigenvalue weighted by Crippen LogP contribution is 2.06. The summed E-state index contributed by atoms with van der Waals surface area (Å²) in [5.74, 6) is 0. The Kier molecular flexibility index (Phi) is 6.50. The van der Waals surface area contributed by atoms with E-state index in [1.807, 2.05) is 12.1 Å². The maximum absolute atomic E-state index is 5.72. The lowest BCUT2D eigenvalue weighted by Crippen LogP contribution is -2.36. The molecule has 1 aliphatic rings. The van der Waals surface area contributed by atoms with Crippen LogP contribution in [-0.4, -0.2) is 51.5 Å². The number of nitrogen functional groups attached to an aromatic ring is 1. The van der Waals surface area contributed by atoms with Gasteiger partial charge in [-0.25, -0.2) is 0 Å². The number of aliphatic imine (C=N–C) groups is 1. The van der Waals surface area contributed by atoms with E-state index in [1.165, 1.54) is 11.3 Å². The normalized spacial score (nSPS) is 18.7. The quantitative estimate of drug-likeness (QED) is 0.575. The molecule has 5 heteroatoms. The lowest BCUT2D eigenvalue weighted by Gasteiger charge is -2.12. The van der Waals surface area contributed by atoms with Crippen LogP contribution in [0.2, 0.25) is 0 Å². The summed E-state index contributed by atoms with van der Waals surface area (Å²) in [5.41, 5.74) is 8.99. The average molecular weight is 275 g/mol. The molecule has 0 spiro atoms. The van der Waals surface area contributed by atoms with Crippen LogP contribution in [0.4, 0.5) is 5.69 Å². The fourth-order valence-electron chi connectivity index (χ4n) is 2.17. The minimum Gasteiger partial charge on any atom is -0.399 e. The Morgan fingerprint density at radius 3 is 2.30 bits per heavy atom. The summed E-state index contributed by atoms with van der Waals surface area (Å²) < 4.78 is 0. The van der Waals surface area contributed by atoms with Crippen molar-refractivity contribution in [3.05, 3.63) is 29.8 Å². The maximum Gasteiger partial charge on any atom is 0.0514 e. The molecule has 20 heavy (non-hydrogen) atoms. The number of nitrogens with zero attached hydrogens (tertiary/aromatic N) is 1. The van der Waals surface area contributed by atoms with Gasteiger partial charge in [0, 0.05) is 57.1 Å². The molecule has 5 nitrogen and oxygen atoms in total. The van der Waals surface area contributed by atoms with Crippen LogP contribution in [0.3, 0.4) is 0 Å². The van der Waals surface area contributed by atoms with E-state index in [2.05, 4.69) is 28.1 Å². The van der Waals surface area contributed by atoms with Crippen molar-refractivity contribution in [3.63, 3.8) is 0 Å². The van der Waals surface area contributed by atoms with E-state index in [0.717, 1.165) is 57.9 Å². The van der Waals surface area contributed by atoms with Crippen molar-refractivity contribution in [2.75, 3.05) is 51.5 Å². The predicted molar refractivity (Wildman–Crippen MR) is 85.5 cm³/mol. The van der Waals surface area contributed by atoms with Gasteiger partial charge in [0.25, 0.3) is 0 Å². The summed E-state index contributed by atoms with van der Waals surface area (Å²) in [6.07, 6.45) is 0.890. The van der Waals surface area contributed by atoms with Gasteiger partial charge in [0.1, 0.15) is 0 Å². The van der Waals surface area contributed by atoms with Crippen molar-refractivity contribution in [2.24, 2.45) is 4.99 Å². The fraction of sp³-hybridized carbons (Fsp3) is 0.533. The fourth-order valence-corrected chi connectivity index (χ4v) is 2.17. The first kappa shape index (κ1) is 15.0. The second-order valence-electron chi connectivity index (χ2n) is 5.04. The van der Waals surface area contributed by atoms with Gasteiger partial charge in [-0.2, -0.15) is 0 Å². The third-order valence-corrected chi connectivity index (χ3v) is 3.30. The van der Waals surface area contributed by atoms with Crippen LogP contribution in [0.15, 0.2) is 29.3 Å². The summed E-state index contributed by atoms with van der Waals surface area (Å²) in [6, 6.07) is 8.05. The molecule has 0 aromatic heterocycles. The minimum atomic E-state index is 0.808. The van der Waals surface area contributed by atoms with E-state index in [1.54, 1.807) is 0 Å². The molecular weight excluding hydrogens is 250 g/mol. The topological polar surface area (TPSA) is 74.5 Å². The highest BCUT2D eigenvalue weighted by atomic mass is 15.0. The predicted octanol–water partition coefficient (Wildman–Crippen LogP) is 0.0347. The van der Waals surface area contributed by atoms with Gasteiger partial charge in [0.15, 0.2) is 0 Å². The molecule has 110 valence electrons. The van der Waals surface area contributed by atoms with E-state index in [9.17, 15) is 0 Å². The second-order valence-corrected chi connectivity index (χ2v) is 5.04. The Labute approximate surface area is 121 Å². The Morgan fingerprint density at radius 2 is 1.55 bits per heavy atom. The number of rotatable bonds is 2. The Morgan fingerprint density at radius 1 is 0.900 bits per heavy atom. The molecule has 0 atom stereocenters. The second kappa shape index (κ2) is 8.68. The summed E-state index contributed by atoms with van der Waals surface area (Å²) in [4.78, 5) is 4.71. The highest BCUT2D eigenvalue weighted by Gasteiger charge is 2.03. The first-order chi connectivity index (χ1) is 9.84.